The number of aliphatic hydroxyl groups is 1. The van der Waals surface area contributed by atoms with E-state index >= 15 is 0 Å². The molecule has 2 rings (SSSR count). The molecular formula is C8H16ClNO2. The zero-order chi connectivity index (χ0) is 7.95. The van der Waals surface area contributed by atoms with Crippen LogP contribution in [0.3, 0.4) is 0 Å². The maximum atomic E-state index is 9.12. The van der Waals surface area contributed by atoms with E-state index in [1.165, 1.54) is 6.42 Å². The van der Waals surface area contributed by atoms with E-state index in [0.717, 1.165) is 19.4 Å². The third kappa shape index (κ3) is 1.08. The first-order chi connectivity index (χ1) is 5.22. The Hall–Kier alpha value is 0.170. The van der Waals surface area contributed by atoms with E-state index in [-0.39, 0.29) is 24.4 Å². The molecule has 1 spiro atoms. The molecular weight excluding hydrogens is 178 g/mol. The molecule has 1 aliphatic heterocycles. The fourth-order valence-electron chi connectivity index (χ4n) is 2.18. The molecule has 12 heavy (non-hydrogen) atoms. The number of halogens is 1. The molecule has 0 radical (unpaired) electrons. The molecule has 2 aliphatic rings. The highest BCUT2D eigenvalue weighted by molar-refractivity contribution is 5.85. The predicted molar refractivity (Wildman–Crippen MR) is 48.4 cm³/mol. The van der Waals surface area contributed by atoms with E-state index in [9.17, 15) is 0 Å². The lowest BCUT2D eigenvalue weighted by molar-refractivity contribution is 0.0269. The quantitative estimate of drug-likeness (QED) is 0.630. The van der Waals surface area contributed by atoms with Gasteiger partial charge in [0.15, 0.2) is 0 Å². The van der Waals surface area contributed by atoms with Crippen molar-refractivity contribution in [1.29, 1.82) is 0 Å². The number of ether oxygens (including phenoxy) is 1. The van der Waals surface area contributed by atoms with Crippen LogP contribution in [0.1, 0.15) is 19.3 Å². The van der Waals surface area contributed by atoms with Gasteiger partial charge in [-0.3, -0.25) is 0 Å². The molecule has 1 atom stereocenters. The lowest BCUT2D eigenvalue weighted by Gasteiger charge is -2.47. The Balaban J connectivity index is 0.000000720. The molecule has 0 amide bonds. The first-order valence-corrected chi connectivity index (χ1v) is 4.20. The summed E-state index contributed by atoms with van der Waals surface area (Å²) in [6, 6.07) is 0. The van der Waals surface area contributed by atoms with Crippen LogP contribution in [-0.2, 0) is 4.74 Å². The van der Waals surface area contributed by atoms with Crippen LogP contribution in [0.4, 0.5) is 0 Å². The Morgan fingerprint density at radius 3 is 2.33 bits per heavy atom. The van der Waals surface area contributed by atoms with Crippen molar-refractivity contribution in [3.05, 3.63) is 0 Å². The van der Waals surface area contributed by atoms with Crippen LogP contribution in [0.25, 0.3) is 0 Å². The average Bonchev–Trinajstić information content (AvgIpc) is 2.27. The summed E-state index contributed by atoms with van der Waals surface area (Å²) in [5.41, 5.74) is 5.71. The van der Waals surface area contributed by atoms with E-state index in [1.807, 2.05) is 0 Å². The second-order valence-electron chi connectivity index (χ2n) is 3.94. The molecule has 1 saturated heterocycles. The molecule has 1 unspecified atom stereocenters. The van der Waals surface area contributed by atoms with Crippen LogP contribution in [0.5, 0.6) is 0 Å². The van der Waals surface area contributed by atoms with Gasteiger partial charge in [-0.05, 0) is 12.8 Å². The van der Waals surface area contributed by atoms with Crippen molar-refractivity contribution in [1.82, 2.24) is 0 Å². The molecule has 0 aromatic carbocycles. The standard InChI is InChI=1S/C8H15NO2.ClH/c9-8(4-10)6-11-5-7(8)2-1-3-7;/h10H,1-6,9H2;1H. The summed E-state index contributed by atoms with van der Waals surface area (Å²) in [6.45, 7) is 1.35. The number of hydrogen-bond acceptors (Lipinski definition) is 3. The van der Waals surface area contributed by atoms with E-state index < -0.39 is 5.54 Å². The molecule has 0 aromatic rings. The second-order valence-corrected chi connectivity index (χ2v) is 3.94. The van der Waals surface area contributed by atoms with Gasteiger partial charge in [-0.15, -0.1) is 12.4 Å². The van der Waals surface area contributed by atoms with Gasteiger partial charge in [0.2, 0.25) is 0 Å². The van der Waals surface area contributed by atoms with Crippen LogP contribution in [0.15, 0.2) is 0 Å². The Morgan fingerprint density at radius 1 is 1.33 bits per heavy atom. The summed E-state index contributed by atoms with van der Waals surface area (Å²) in [7, 11) is 0. The van der Waals surface area contributed by atoms with Gasteiger partial charge in [-0.2, -0.15) is 0 Å². The minimum absolute atomic E-state index is 0. The number of nitrogens with two attached hydrogens (primary N) is 1. The zero-order valence-corrected chi connectivity index (χ0v) is 7.90. The third-order valence-electron chi connectivity index (χ3n) is 3.39. The fourth-order valence-corrected chi connectivity index (χ4v) is 2.18. The highest BCUT2D eigenvalue weighted by Gasteiger charge is 2.56. The molecule has 2 fully saturated rings. The van der Waals surface area contributed by atoms with Crippen molar-refractivity contribution in [2.75, 3.05) is 19.8 Å². The Labute approximate surface area is 78.7 Å². The monoisotopic (exact) mass is 193 g/mol. The molecule has 1 heterocycles. The highest BCUT2D eigenvalue weighted by Crippen LogP contribution is 2.51. The van der Waals surface area contributed by atoms with Gasteiger partial charge in [-0.1, -0.05) is 6.42 Å². The van der Waals surface area contributed by atoms with Crippen molar-refractivity contribution in [3.8, 4) is 0 Å². The first kappa shape index (κ1) is 10.3. The van der Waals surface area contributed by atoms with E-state index in [1.54, 1.807) is 0 Å². The molecule has 1 aliphatic carbocycles. The van der Waals surface area contributed by atoms with Crippen LogP contribution >= 0.6 is 12.4 Å². The molecule has 0 bridgehead atoms. The largest absolute Gasteiger partial charge is 0.394 e. The lowest BCUT2D eigenvalue weighted by Crippen LogP contribution is -2.60. The summed E-state index contributed by atoms with van der Waals surface area (Å²) in [6.07, 6.45) is 3.50. The maximum Gasteiger partial charge on any atom is 0.0704 e. The number of hydrogen-bond donors (Lipinski definition) is 2. The van der Waals surface area contributed by atoms with Crippen molar-refractivity contribution in [2.24, 2.45) is 11.1 Å². The van der Waals surface area contributed by atoms with Crippen LogP contribution in [0.2, 0.25) is 0 Å². The molecule has 3 N–H and O–H groups in total. The number of aliphatic hydroxyl groups excluding tert-OH is 1. The summed E-state index contributed by atoms with van der Waals surface area (Å²) in [5, 5.41) is 9.12. The van der Waals surface area contributed by atoms with Crippen LogP contribution < -0.4 is 5.73 Å². The predicted octanol–water partition coefficient (Wildman–Crippen LogP) is 0.298. The molecule has 72 valence electrons. The van der Waals surface area contributed by atoms with Gasteiger partial charge >= 0.3 is 0 Å². The smallest absolute Gasteiger partial charge is 0.0704 e. The van der Waals surface area contributed by atoms with Crippen molar-refractivity contribution >= 4 is 12.4 Å². The zero-order valence-electron chi connectivity index (χ0n) is 7.08. The fraction of sp³-hybridized carbons (Fsp3) is 1.00. The first-order valence-electron chi connectivity index (χ1n) is 4.20. The summed E-state index contributed by atoms with van der Waals surface area (Å²) in [4.78, 5) is 0. The Morgan fingerprint density at radius 2 is 2.00 bits per heavy atom. The average molecular weight is 194 g/mol. The molecule has 3 nitrogen and oxygen atoms in total. The van der Waals surface area contributed by atoms with Gasteiger partial charge in [0.25, 0.3) is 0 Å². The molecule has 0 aromatic heterocycles. The van der Waals surface area contributed by atoms with E-state index in [4.69, 9.17) is 15.6 Å². The van der Waals surface area contributed by atoms with Crippen LogP contribution in [-0.4, -0.2) is 30.5 Å². The topological polar surface area (TPSA) is 55.5 Å². The lowest BCUT2D eigenvalue weighted by atomic mass is 9.59. The molecule has 1 saturated carbocycles. The summed E-state index contributed by atoms with van der Waals surface area (Å²) in [5.74, 6) is 0. The number of rotatable bonds is 1. The molecule has 4 heteroatoms. The summed E-state index contributed by atoms with van der Waals surface area (Å²) >= 11 is 0. The van der Waals surface area contributed by atoms with Gasteiger partial charge in [-0.25, -0.2) is 0 Å². The van der Waals surface area contributed by atoms with Crippen molar-refractivity contribution in [3.63, 3.8) is 0 Å². The van der Waals surface area contributed by atoms with Gasteiger partial charge in [0.1, 0.15) is 0 Å². The SMILES string of the molecule is Cl.NC1(CO)COCC12CCC2. The Bertz CT molecular complexity index is 163. The highest BCUT2D eigenvalue weighted by atomic mass is 35.5. The van der Waals surface area contributed by atoms with Crippen molar-refractivity contribution < 1.29 is 9.84 Å². The van der Waals surface area contributed by atoms with Gasteiger partial charge < -0.3 is 15.6 Å². The van der Waals surface area contributed by atoms with Gasteiger partial charge in [0, 0.05) is 5.41 Å². The summed E-state index contributed by atoms with van der Waals surface area (Å²) < 4.78 is 5.32. The van der Waals surface area contributed by atoms with Gasteiger partial charge in [0.05, 0.1) is 25.4 Å². The van der Waals surface area contributed by atoms with E-state index in [0.29, 0.717) is 6.61 Å². The Kier molecular flexibility index (Phi) is 2.69. The third-order valence-corrected chi connectivity index (χ3v) is 3.39. The second kappa shape index (κ2) is 3.14. The van der Waals surface area contributed by atoms with E-state index in [2.05, 4.69) is 0 Å². The normalized spacial score (nSPS) is 37.5. The minimum atomic E-state index is -0.439. The minimum Gasteiger partial charge on any atom is -0.394 e. The maximum absolute atomic E-state index is 9.12. The van der Waals surface area contributed by atoms with Crippen molar-refractivity contribution in [2.45, 2.75) is 24.8 Å². The van der Waals surface area contributed by atoms with Crippen LogP contribution in [0, 0.1) is 5.41 Å².